The molecule has 0 unspecified atom stereocenters. The molecule has 0 spiro atoms. The Morgan fingerprint density at radius 1 is 1.19 bits per heavy atom. The van der Waals surface area contributed by atoms with Gasteiger partial charge in [0.05, 0.1) is 19.0 Å². The number of carbonyl (C=O) groups excluding carboxylic acids is 2. The van der Waals surface area contributed by atoms with E-state index in [4.69, 9.17) is 9.47 Å². The second-order valence-corrected chi connectivity index (χ2v) is 4.16. The molecule has 1 aromatic carbocycles. The van der Waals surface area contributed by atoms with Crippen LogP contribution in [0.15, 0.2) is 42.7 Å². The molecular formula is C15H14N2O4. The third-order valence-corrected chi connectivity index (χ3v) is 2.60. The first-order valence-electron chi connectivity index (χ1n) is 6.18. The van der Waals surface area contributed by atoms with Crippen LogP contribution in [0.3, 0.4) is 0 Å². The van der Waals surface area contributed by atoms with Gasteiger partial charge in [-0.1, -0.05) is 0 Å². The fourth-order valence-corrected chi connectivity index (χ4v) is 1.69. The summed E-state index contributed by atoms with van der Waals surface area (Å²) in [4.78, 5) is 27.0. The van der Waals surface area contributed by atoms with E-state index in [1.54, 1.807) is 30.6 Å². The lowest BCUT2D eigenvalue weighted by Crippen LogP contribution is -2.12. The van der Waals surface area contributed by atoms with Gasteiger partial charge in [0, 0.05) is 18.7 Å². The fraction of sp³-hybridized carbons (Fsp3) is 0.133. The van der Waals surface area contributed by atoms with E-state index in [-0.39, 0.29) is 11.7 Å². The zero-order chi connectivity index (χ0) is 15.2. The maximum Gasteiger partial charge on any atom is 0.308 e. The van der Waals surface area contributed by atoms with Gasteiger partial charge in [-0.15, -0.1) is 0 Å². The first-order valence-corrected chi connectivity index (χ1v) is 6.18. The third kappa shape index (κ3) is 3.79. The summed E-state index contributed by atoms with van der Waals surface area (Å²) in [6, 6.07) is 8.02. The number of benzene rings is 1. The van der Waals surface area contributed by atoms with Crippen molar-refractivity contribution in [2.24, 2.45) is 0 Å². The summed E-state index contributed by atoms with van der Waals surface area (Å²) in [5.41, 5.74) is 0.970. The van der Waals surface area contributed by atoms with Gasteiger partial charge < -0.3 is 14.8 Å². The molecule has 1 N–H and O–H groups in total. The Bertz CT molecular complexity index is 656. The van der Waals surface area contributed by atoms with Crippen molar-refractivity contribution in [3.05, 3.63) is 48.3 Å². The van der Waals surface area contributed by atoms with E-state index in [1.807, 2.05) is 0 Å². The lowest BCUT2D eigenvalue weighted by Gasteiger charge is -2.10. The summed E-state index contributed by atoms with van der Waals surface area (Å²) in [6.07, 6.45) is 3.16. The van der Waals surface area contributed by atoms with Gasteiger partial charge in [0.1, 0.15) is 0 Å². The smallest absolute Gasteiger partial charge is 0.308 e. The quantitative estimate of drug-likeness (QED) is 0.689. The Morgan fingerprint density at radius 3 is 2.62 bits per heavy atom. The summed E-state index contributed by atoms with van der Waals surface area (Å²) < 4.78 is 10.1. The number of hydrogen-bond donors (Lipinski definition) is 1. The van der Waals surface area contributed by atoms with Crippen LogP contribution >= 0.6 is 0 Å². The zero-order valence-corrected chi connectivity index (χ0v) is 11.6. The van der Waals surface area contributed by atoms with Gasteiger partial charge in [-0.2, -0.15) is 0 Å². The van der Waals surface area contributed by atoms with Crippen LogP contribution in [-0.4, -0.2) is 24.0 Å². The summed E-state index contributed by atoms with van der Waals surface area (Å²) >= 11 is 0. The number of aromatic nitrogens is 1. The minimum absolute atomic E-state index is 0.267. The van der Waals surface area contributed by atoms with Crippen molar-refractivity contribution in [2.45, 2.75) is 6.92 Å². The number of nitrogens with zero attached hydrogens (tertiary/aromatic N) is 1. The molecule has 6 nitrogen and oxygen atoms in total. The molecule has 0 saturated heterocycles. The summed E-state index contributed by atoms with van der Waals surface area (Å²) in [5, 5.41) is 2.71. The normalized spacial score (nSPS) is 9.81. The van der Waals surface area contributed by atoms with Crippen molar-refractivity contribution in [1.82, 2.24) is 4.98 Å². The number of esters is 1. The molecule has 2 aromatic rings. The van der Waals surface area contributed by atoms with Crippen LogP contribution in [0.5, 0.6) is 11.5 Å². The van der Waals surface area contributed by atoms with Gasteiger partial charge in [0.15, 0.2) is 11.5 Å². The van der Waals surface area contributed by atoms with Gasteiger partial charge in [-0.25, -0.2) is 0 Å². The van der Waals surface area contributed by atoms with Crippen LogP contribution < -0.4 is 14.8 Å². The second kappa shape index (κ2) is 6.51. The number of hydrogen-bond acceptors (Lipinski definition) is 5. The first-order chi connectivity index (χ1) is 10.1. The average molecular weight is 286 g/mol. The van der Waals surface area contributed by atoms with Crippen molar-refractivity contribution in [2.75, 3.05) is 12.4 Å². The van der Waals surface area contributed by atoms with Crippen molar-refractivity contribution in [1.29, 1.82) is 0 Å². The standard InChI is InChI=1S/C15H14N2O4/c1-10(18)21-13-6-5-11(8-14(13)20-2)15(19)17-12-4-3-7-16-9-12/h3-9H,1-2H3,(H,17,19). The van der Waals surface area contributed by atoms with Crippen LogP contribution in [-0.2, 0) is 4.79 Å². The highest BCUT2D eigenvalue weighted by molar-refractivity contribution is 6.04. The lowest BCUT2D eigenvalue weighted by molar-refractivity contribution is -0.132. The predicted molar refractivity (Wildman–Crippen MR) is 76.5 cm³/mol. The maximum atomic E-state index is 12.1. The molecule has 1 heterocycles. The van der Waals surface area contributed by atoms with E-state index in [0.717, 1.165) is 0 Å². The molecule has 6 heteroatoms. The van der Waals surface area contributed by atoms with E-state index in [0.29, 0.717) is 17.0 Å². The number of pyridine rings is 1. The average Bonchev–Trinajstić information content (AvgIpc) is 2.48. The number of nitrogens with one attached hydrogen (secondary N) is 1. The van der Waals surface area contributed by atoms with Crippen molar-refractivity contribution in [3.63, 3.8) is 0 Å². The Balaban J connectivity index is 2.20. The number of rotatable bonds is 4. The highest BCUT2D eigenvalue weighted by Crippen LogP contribution is 2.28. The highest BCUT2D eigenvalue weighted by atomic mass is 16.6. The van der Waals surface area contributed by atoms with Crippen LogP contribution in [0.2, 0.25) is 0 Å². The molecular weight excluding hydrogens is 272 g/mol. The topological polar surface area (TPSA) is 77.5 Å². The molecule has 0 atom stereocenters. The van der Waals surface area contributed by atoms with Crippen LogP contribution in [0.25, 0.3) is 0 Å². The zero-order valence-electron chi connectivity index (χ0n) is 11.6. The SMILES string of the molecule is COc1cc(C(=O)Nc2cccnc2)ccc1OC(C)=O. The van der Waals surface area contributed by atoms with Gasteiger partial charge in [-0.05, 0) is 30.3 Å². The van der Waals surface area contributed by atoms with Gasteiger partial charge in [0.25, 0.3) is 5.91 Å². The predicted octanol–water partition coefficient (Wildman–Crippen LogP) is 2.27. The van der Waals surface area contributed by atoms with Crippen LogP contribution in [0.1, 0.15) is 17.3 Å². The Labute approximate surface area is 121 Å². The molecule has 0 bridgehead atoms. The largest absolute Gasteiger partial charge is 0.493 e. The molecule has 1 aromatic heterocycles. The second-order valence-electron chi connectivity index (χ2n) is 4.16. The van der Waals surface area contributed by atoms with E-state index >= 15 is 0 Å². The summed E-state index contributed by atoms with van der Waals surface area (Å²) in [7, 11) is 1.44. The van der Waals surface area contributed by atoms with E-state index in [2.05, 4.69) is 10.3 Å². The number of anilines is 1. The maximum absolute atomic E-state index is 12.1. The molecule has 0 saturated carbocycles. The third-order valence-electron chi connectivity index (χ3n) is 2.60. The van der Waals surface area contributed by atoms with Gasteiger partial charge >= 0.3 is 5.97 Å². The molecule has 0 aliphatic rings. The molecule has 0 aliphatic heterocycles. The summed E-state index contributed by atoms with van der Waals surface area (Å²) in [6.45, 7) is 1.29. The molecule has 0 aliphatic carbocycles. The van der Waals surface area contributed by atoms with E-state index in [1.165, 1.54) is 26.2 Å². The Hall–Kier alpha value is -2.89. The minimum Gasteiger partial charge on any atom is -0.493 e. The van der Waals surface area contributed by atoms with Crippen molar-refractivity contribution in [3.8, 4) is 11.5 Å². The molecule has 108 valence electrons. The molecule has 0 fully saturated rings. The van der Waals surface area contributed by atoms with E-state index < -0.39 is 5.97 Å². The number of methoxy groups -OCH3 is 1. The highest BCUT2D eigenvalue weighted by Gasteiger charge is 2.12. The minimum atomic E-state index is -0.458. The Morgan fingerprint density at radius 2 is 2.00 bits per heavy atom. The molecule has 0 radical (unpaired) electrons. The van der Waals surface area contributed by atoms with Gasteiger partial charge in [-0.3, -0.25) is 14.6 Å². The lowest BCUT2D eigenvalue weighted by atomic mass is 10.2. The molecule has 2 rings (SSSR count). The van der Waals surface area contributed by atoms with Crippen LogP contribution in [0, 0.1) is 0 Å². The fourth-order valence-electron chi connectivity index (χ4n) is 1.69. The van der Waals surface area contributed by atoms with Crippen LogP contribution in [0.4, 0.5) is 5.69 Å². The number of ether oxygens (including phenoxy) is 2. The number of carbonyl (C=O) groups is 2. The Kier molecular flexibility index (Phi) is 4.50. The van der Waals surface area contributed by atoms with Crippen molar-refractivity contribution >= 4 is 17.6 Å². The monoisotopic (exact) mass is 286 g/mol. The van der Waals surface area contributed by atoms with Gasteiger partial charge in [0.2, 0.25) is 0 Å². The molecule has 1 amide bonds. The van der Waals surface area contributed by atoms with Crippen molar-refractivity contribution < 1.29 is 19.1 Å². The number of amides is 1. The first kappa shape index (κ1) is 14.5. The molecule has 21 heavy (non-hydrogen) atoms. The summed E-state index contributed by atoms with van der Waals surface area (Å²) in [5.74, 6) is -0.191. The van der Waals surface area contributed by atoms with E-state index in [9.17, 15) is 9.59 Å².